The number of hydrogen-bond acceptors (Lipinski definition) is 6. The van der Waals surface area contributed by atoms with E-state index in [1.807, 2.05) is 45.0 Å². The second-order valence-corrected chi connectivity index (χ2v) is 17.8. The zero-order chi connectivity index (χ0) is 47.7. The molecule has 338 valence electrons. The molecule has 2 heterocycles. The summed E-state index contributed by atoms with van der Waals surface area (Å²) >= 11 is 0. The average Bonchev–Trinajstić information content (AvgIpc) is 3.68. The van der Waals surface area contributed by atoms with E-state index in [-0.39, 0.29) is 50.0 Å². The van der Waals surface area contributed by atoms with Gasteiger partial charge in [0, 0.05) is 35.0 Å². The van der Waals surface area contributed by atoms with E-state index < -0.39 is 47.2 Å². The Hall–Kier alpha value is -7.67. The predicted molar refractivity (Wildman–Crippen MR) is 249 cm³/mol. The highest BCUT2D eigenvalue weighted by Crippen LogP contribution is 2.47. The van der Waals surface area contributed by atoms with Crippen molar-refractivity contribution >= 4 is 52.5 Å². The third-order valence-corrected chi connectivity index (χ3v) is 13.5. The number of anilines is 3. The standard InChI is InChI=1S/C54H45F3N4O6/c1-29-9-15-38(30(2)23-29)39-18-14-37(28-44(39)54(55,56)57)61-51(66)41-17-11-34(27-43(41)52(61)67)48(63)59-46-20-13-36(25-32(46)4)53(21-7-6-8-22-53)35-12-19-45(31(3)24-35)58-47(62)33-10-16-40-42(26-33)50(65)60(5)49(40)64/h9-20,23-28H,6-8,21-22H2,1-5H3,(H,58,62)(H,59,63). The van der Waals surface area contributed by atoms with Gasteiger partial charge in [0.25, 0.3) is 35.4 Å². The number of carbonyl (C=O) groups is 6. The van der Waals surface area contributed by atoms with Crippen LogP contribution in [-0.2, 0) is 11.6 Å². The van der Waals surface area contributed by atoms with Crippen LogP contribution in [0.5, 0.6) is 0 Å². The SMILES string of the molecule is Cc1ccc(-c2ccc(N3C(=O)c4ccc(C(=O)Nc5ccc(C6(c7ccc(NC(=O)c8ccc9c(c8)C(=O)N(C)C9=O)c(C)c7)CCCCC6)cc5C)cc4C3=O)cc2C(F)(F)F)c(C)c1. The molecular formula is C54H45F3N4O6. The van der Waals surface area contributed by atoms with Crippen LogP contribution in [0.4, 0.5) is 30.2 Å². The number of benzene rings is 6. The number of imide groups is 2. The van der Waals surface area contributed by atoms with Gasteiger partial charge in [0.1, 0.15) is 0 Å². The molecule has 6 amide bonds. The fraction of sp³-hybridized carbons (Fsp3) is 0.222. The van der Waals surface area contributed by atoms with Crippen LogP contribution in [0.1, 0.15) is 133 Å². The number of fused-ring (bicyclic) bond motifs is 2. The van der Waals surface area contributed by atoms with Crippen LogP contribution in [-0.4, -0.2) is 47.4 Å². The van der Waals surface area contributed by atoms with E-state index >= 15 is 0 Å². The monoisotopic (exact) mass is 902 g/mol. The summed E-state index contributed by atoms with van der Waals surface area (Å²) in [6, 6.07) is 29.0. The van der Waals surface area contributed by atoms with E-state index in [0.717, 1.165) is 70.9 Å². The molecule has 2 aliphatic heterocycles. The maximum Gasteiger partial charge on any atom is 0.417 e. The molecule has 1 fully saturated rings. The second kappa shape index (κ2) is 16.6. The Morgan fingerprint density at radius 2 is 1.01 bits per heavy atom. The van der Waals surface area contributed by atoms with Crippen molar-refractivity contribution in [3.63, 3.8) is 0 Å². The largest absolute Gasteiger partial charge is 0.417 e. The van der Waals surface area contributed by atoms with Crippen molar-refractivity contribution in [1.29, 1.82) is 0 Å². The van der Waals surface area contributed by atoms with Crippen molar-refractivity contribution in [3.8, 4) is 11.1 Å². The Balaban J connectivity index is 0.929. The van der Waals surface area contributed by atoms with Crippen LogP contribution >= 0.6 is 0 Å². The van der Waals surface area contributed by atoms with Gasteiger partial charge in [-0.15, -0.1) is 0 Å². The topological polar surface area (TPSA) is 133 Å². The first-order chi connectivity index (χ1) is 31.9. The van der Waals surface area contributed by atoms with Crippen molar-refractivity contribution in [1.82, 2.24) is 4.90 Å². The summed E-state index contributed by atoms with van der Waals surface area (Å²) < 4.78 is 43.6. The van der Waals surface area contributed by atoms with Gasteiger partial charge in [-0.05, 0) is 140 Å². The molecule has 2 N–H and O–H groups in total. The normalized spacial score (nSPS) is 15.5. The average molecular weight is 903 g/mol. The lowest BCUT2D eigenvalue weighted by Gasteiger charge is -2.39. The summed E-state index contributed by atoms with van der Waals surface area (Å²) in [5.41, 5.74) is 5.90. The van der Waals surface area contributed by atoms with Crippen molar-refractivity contribution in [2.75, 3.05) is 22.6 Å². The fourth-order valence-electron chi connectivity index (χ4n) is 9.87. The maximum absolute atomic E-state index is 14.5. The zero-order valence-corrected chi connectivity index (χ0v) is 37.4. The summed E-state index contributed by atoms with van der Waals surface area (Å²) in [4.78, 5) is 81.2. The van der Waals surface area contributed by atoms with Gasteiger partial charge in [-0.1, -0.05) is 73.4 Å². The summed E-state index contributed by atoms with van der Waals surface area (Å²) in [5.74, 6) is -3.44. The molecule has 1 saturated carbocycles. The Labute approximate surface area is 384 Å². The van der Waals surface area contributed by atoms with Gasteiger partial charge < -0.3 is 10.6 Å². The molecule has 0 aromatic heterocycles. The second-order valence-electron chi connectivity index (χ2n) is 17.8. The van der Waals surface area contributed by atoms with E-state index in [1.54, 1.807) is 25.1 Å². The fourth-order valence-corrected chi connectivity index (χ4v) is 9.87. The van der Waals surface area contributed by atoms with Crippen molar-refractivity contribution in [2.24, 2.45) is 0 Å². The van der Waals surface area contributed by atoms with Crippen LogP contribution in [0.15, 0.2) is 109 Å². The van der Waals surface area contributed by atoms with Crippen LogP contribution in [0, 0.1) is 27.7 Å². The van der Waals surface area contributed by atoms with Gasteiger partial charge in [0.15, 0.2) is 0 Å². The lowest BCUT2D eigenvalue weighted by atomic mass is 9.65. The van der Waals surface area contributed by atoms with E-state index in [4.69, 9.17) is 0 Å². The Morgan fingerprint density at radius 3 is 1.55 bits per heavy atom. The van der Waals surface area contributed by atoms with Gasteiger partial charge in [-0.3, -0.25) is 33.7 Å². The molecule has 6 aromatic rings. The number of aryl methyl sites for hydroxylation is 4. The number of rotatable bonds is 8. The van der Waals surface area contributed by atoms with E-state index in [9.17, 15) is 41.9 Å². The number of amides is 6. The smallest absolute Gasteiger partial charge is 0.322 e. The maximum atomic E-state index is 14.5. The molecule has 0 radical (unpaired) electrons. The van der Waals surface area contributed by atoms with Crippen LogP contribution in [0.2, 0.25) is 0 Å². The highest BCUT2D eigenvalue weighted by Gasteiger charge is 2.41. The first-order valence-corrected chi connectivity index (χ1v) is 22.0. The molecule has 0 bridgehead atoms. The van der Waals surface area contributed by atoms with Gasteiger partial charge in [0.2, 0.25) is 0 Å². The van der Waals surface area contributed by atoms with Crippen LogP contribution in [0.3, 0.4) is 0 Å². The lowest BCUT2D eigenvalue weighted by Crippen LogP contribution is -2.31. The molecule has 6 aromatic carbocycles. The minimum Gasteiger partial charge on any atom is -0.322 e. The molecule has 13 heteroatoms. The molecule has 0 atom stereocenters. The molecule has 1 aliphatic carbocycles. The Kier molecular flexibility index (Phi) is 11.1. The molecule has 0 spiro atoms. The van der Waals surface area contributed by atoms with Gasteiger partial charge in [-0.2, -0.15) is 13.2 Å². The summed E-state index contributed by atoms with van der Waals surface area (Å²) in [5, 5.41) is 5.91. The summed E-state index contributed by atoms with van der Waals surface area (Å²) in [6.07, 6.45) is 0.0721. The molecule has 67 heavy (non-hydrogen) atoms. The number of halogens is 3. The first kappa shape index (κ1) is 44.5. The number of alkyl halides is 3. The van der Waals surface area contributed by atoms with E-state index in [1.165, 1.54) is 55.6 Å². The van der Waals surface area contributed by atoms with Crippen LogP contribution in [0.25, 0.3) is 11.1 Å². The minimum absolute atomic E-state index is 0.0266. The van der Waals surface area contributed by atoms with Crippen LogP contribution < -0.4 is 15.5 Å². The Bertz CT molecular complexity index is 3150. The quantitative estimate of drug-likeness (QED) is 0.146. The van der Waals surface area contributed by atoms with Crippen molar-refractivity contribution < 1.29 is 41.9 Å². The molecule has 0 saturated heterocycles. The minimum atomic E-state index is -4.79. The number of nitrogens with one attached hydrogen (secondary N) is 2. The highest BCUT2D eigenvalue weighted by atomic mass is 19.4. The number of carbonyl (C=O) groups excluding carboxylic acids is 6. The molecule has 9 rings (SSSR count). The number of nitrogens with zero attached hydrogens (tertiary/aromatic N) is 2. The predicted octanol–water partition coefficient (Wildman–Crippen LogP) is 11.4. The molecule has 10 nitrogen and oxygen atoms in total. The van der Waals surface area contributed by atoms with Gasteiger partial charge in [0.05, 0.1) is 33.5 Å². The summed E-state index contributed by atoms with van der Waals surface area (Å²) in [6.45, 7) is 7.39. The van der Waals surface area contributed by atoms with E-state index in [2.05, 4.69) is 22.8 Å². The zero-order valence-electron chi connectivity index (χ0n) is 37.4. The molecule has 3 aliphatic rings. The molecule has 0 unspecified atom stereocenters. The Morgan fingerprint density at radius 1 is 0.522 bits per heavy atom. The number of hydrogen-bond donors (Lipinski definition) is 2. The highest BCUT2D eigenvalue weighted by molar-refractivity contribution is 6.35. The lowest BCUT2D eigenvalue weighted by molar-refractivity contribution is -0.137. The van der Waals surface area contributed by atoms with Crippen molar-refractivity contribution in [2.45, 2.75) is 71.4 Å². The van der Waals surface area contributed by atoms with Gasteiger partial charge >= 0.3 is 6.18 Å². The van der Waals surface area contributed by atoms with Gasteiger partial charge in [-0.25, -0.2) is 4.90 Å². The first-order valence-electron chi connectivity index (χ1n) is 22.0. The summed E-state index contributed by atoms with van der Waals surface area (Å²) in [7, 11) is 1.41. The van der Waals surface area contributed by atoms with Crippen molar-refractivity contribution in [3.05, 3.63) is 182 Å². The third kappa shape index (κ3) is 7.77. The van der Waals surface area contributed by atoms with E-state index in [0.29, 0.717) is 27.4 Å². The molecular weight excluding hydrogens is 858 g/mol. The third-order valence-electron chi connectivity index (χ3n) is 13.5.